The lowest BCUT2D eigenvalue weighted by atomic mass is 9.66. The number of ketones is 1. The number of hydrogen-bond donors (Lipinski definition) is 1. The molecule has 1 rings (SSSR count). The SMILES string of the molecule is CC(=O)OC(=C\C(=O)[C@]1(C)C[C@@H](O)CC1(C)C)/C(C)=C/C=O. The van der Waals surface area contributed by atoms with E-state index in [4.69, 9.17) is 4.74 Å². The van der Waals surface area contributed by atoms with Crippen molar-refractivity contribution in [3.8, 4) is 0 Å². The Kier molecular flexibility index (Phi) is 5.46. The van der Waals surface area contributed by atoms with Crippen molar-refractivity contribution in [1.82, 2.24) is 0 Å². The third-order valence-corrected chi connectivity index (χ3v) is 4.65. The summed E-state index contributed by atoms with van der Waals surface area (Å²) in [5.41, 5.74) is -0.721. The van der Waals surface area contributed by atoms with Gasteiger partial charge in [0, 0.05) is 18.4 Å². The van der Waals surface area contributed by atoms with Gasteiger partial charge in [0.05, 0.1) is 6.10 Å². The summed E-state index contributed by atoms with van der Waals surface area (Å²) in [7, 11) is 0. The summed E-state index contributed by atoms with van der Waals surface area (Å²) in [6, 6.07) is 0. The molecule has 5 nitrogen and oxygen atoms in total. The van der Waals surface area contributed by atoms with Crippen LogP contribution < -0.4 is 0 Å². The van der Waals surface area contributed by atoms with Gasteiger partial charge in [-0.3, -0.25) is 14.4 Å². The molecule has 0 saturated heterocycles. The average Bonchev–Trinajstić information content (AvgIpc) is 2.57. The zero-order valence-corrected chi connectivity index (χ0v) is 13.8. The highest BCUT2D eigenvalue weighted by molar-refractivity contribution is 5.96. The van der Waals surface area contributed by atoms with Crippen LogP contribution in [0, 0.1) is 10.8 Å². The Labute approximate surface area is 131 Å². The first kappa shape index (κ1) is 18.3. The Morgan fingerprint density at radius 3 is 2.18 bits per heavy atom. The third-order valence-electron chi connectivity index (χ3n) is 4.65. The summed E-state index contributed by atoms with van der Waals surface area (Å²) < 4.78 is 5.05. The normalized spacial score (nSPS) is 28.4. The number of esters is 1. The highest BCUT2D eigenvalue weighted by atomic mass is 16.5. The lowest BCUT2D eigenvalue weighted by Crippen LogP contribution is -2.37. The summed E-state index contributed by atoms with van der Waals surface area (Å²) in [6.45, 7) is 8.51. The predicted octanol–water partition coefficient (Wildman–Crippen LogP) is 2.33. The summed E-state index contributed by atoms with van der Waals surface area (Å²) in [4.78, 5) is 34.5. The molecule has 1 saturated carbocycles. The van der Waals surface area contributed by atoms with Crippen molar-refractivity contribution in [2.75, 3.05) is 0 Å². The molecule has 0 unspecified atom stereocenters. The number of aliphatic hydroxyl groups is 1. The molecule has 0 aromatic carbocycles. The highest BCUT2D eigenvalue weighted by Crippen LogP contribution is 2.53. The molecule has 122 valence electrons. The highest BCUT2D eigenvalue weighted by Gasteiger charge is 2.53. The van der Waals surface area contributed by atoms with Crippen molar-refractivity contribution in [2.45, 2.75) is 53.6 Å². The van der Waals surface area contributed by atoms with E-state index in [9.17, 15) is 19.5 Å². The van der Waals surface area contributed by atoms with Gasteiger partial charge in [-0.05, 0) is 36.8 Å². The van der Waals surface area contributed by atoms with E-state index in [-0.39, 0.29) is 17.0 Å². The maximum absolute atomic E-state index is 12.7. The van der Waals surface area contributed by atoms with Gasteiger partial charge in [0.15, 0.2) is 5.78 Å². The van der Waals surface area contributed by atoms with E-state index in [1.165, 1.54) is 19.1 Å². The number of carbonyl (C=O) groups is 3. The lowest BCUT2D eigenvalue weighted by Gasteiger charge is -2.35. The first-order chi connectivity index (χ1) is 10.0. The van der Waals surface area contributed by atoms with Crippen LogP contribution in [0.4, 0.5) is 0 Å². The standard InChI is InChI=1S/C17H24O5/c1-11(6-7-18)14(22-12(2)19)8-15(21)17(5)10-13(20)9-16(17,3)4/h6-8,13,20H,9-10H2,1-5H3/b11-6+,14-8-/t13-,17-/m0/s1. The van der Waals surface area contributed by atoms with Crippen LogP contribution in [-0.2, 0) is 19.1 Å². The topological polar surface area (TPSA) is 80.7 Å². The summed E-state index contributed by atoms with van der Waals surface area (Å²) in [5, 5.41) is 9.91. The van der Waals surface area contributed by atoms with E-state index in [0.29, 0.717) is 24.7 Å². The van der Waals surface area contributed by atoms with Crippen LogP contribution in [0.15, 0.2) is 23.5 Å². The molecule has 0 spiro atoms. The van der Waals surface area contributed by atoms with E-state index in [1.807, 2.05) is 20.8 Å². The fourth-order valence-corrected chi connectivity index (χ4v) is 2.91. The Bertz CT molecular complexity index is 541. The van der Waals surface area contributed by atoms with Crippen LogP contribution in [0.25, 0.3) is 0 Å². The molecule has 1 aliphatic rings. The molecule has 0 heterocycles. The molecule has 5 heteroatoms. The summed E-state index contributed by atoms with van der Waals surface area (Å²) >= 11 is 0. The Morgan fingerprint density at radius 1 is 1.18 bits per heavy atom. The minimum absolute atomic E-state index is 0.0722. The molecule has 0 amide bonds. The van der Waals surface area contributed by atoms with E-state index in [2.05, 4.69) is 0 Å². The van der Waals surface area contributed by atoms with Crippen LogP contribution in [0.5, 0.6) is 0 Å². The Balaban J connectivity index is 3.20. The van der Waals surface area contributed by atoms with Gasteiger partial charge in [-0.1, -0.05) is 20.8 Å². The van der Waals surface area contributed by atoms with E-state index >= 15 is 0 Å². The molecule has 0 aromatic rings. The van der Waals surface area contributed by atoms with Crippen LogP contribution >= 0.6 is 0 Å². The molecule has 0 bridgehead atoms. The maximum atomic E-state index is 12.7. The van der Waals surface area contributed by atoms with E-state index in [0.717, 1.165) is 0 Å². The largest absolute Gasteiger partial charge is 0.426 e. The molecule has 2 atom stereocenters. The number of aldehydes is 1. The van der Waals surface area contributed by atoms with Gasteiger partial charge in [0.25, 0.3) is 0 Å². The van der Waals surface area contributed by atoms with Crippen molar-refractivity contribution in [2.24, 2.45) is 10.8 Å². The molecule has 0 aliphatic heterocycles. The number of carbonyl (C=O) groups excluding carboxylic acids is 3. The smallest absolute Gasteiger partial charge is 0.308 e. The number of hydrogen-bond acceptors (Lipinski definition) is 5. The predicted molar refractivity (Wildman–Crippen MR) is 81.8 cm³/mol. The third kappa shape index (κ3) is 3.71. The van der Waals surface area contributed by atoms with Gasteiger partial charge in [-0.2, -0.15) is 0 Å². The lowest BCUT2D eigenvalue weighted by molar-refractivity contribution is -0.136. The zero-order valence-electron chi connectivity index (χ0n) is 13.8. The van der Waals surface area contributed by atoms with Crippen LogP contribution in [-0.4, -0.2) is 29.2 Å². The quantitative estimate of drug-likeness (QED) is 0.277. The molecule has 0 aromatic heterocycles. The molecular formula is C17H24O5. The van der Waals surface area contributed by atoms with Gasteiger partial charge in [-0.15, -0.1) is 0 Å². The van der Waals surface area contributed by atoms with Crippen molar-refractivity contribution < 1.29 is 24.2 Å². The monoisotopic (exact) mass is 308 g/mol. The molecule has 1 N–H and O–H groups in total. The van der Waals surface area contributed by atoms with Crippen LogP contribution in [0.2, 0.25) is 0 Å². The first-order valence-corrected chi connectivity index (χ1v) is 7.28. The average molecular weight is 308 g/mol. The van der Waals surface area contributed by atoms with E-state index in [1.54, 1.807) is 6.92 Å². The van der Waals surface area contributed by atoms with Crippen molar-refractivity contribution in [3.05, 3.63) is 23.5 Å². The second-order valence-electron chi connectivity index (χ2n) is 6.73. The maximum Gasteiger partial charge on any atom is 0.308 e. The number of aliphatic hydroxyl groups excluding tert-OH is 1. The van der Waals surface area contributed by atoms with Crippen molar-refractivity contribution in [3.63, 3.8) is 0 Å². The van der Waals surface area contributed by atoms with Crippen molar-refractivity contribution in [1.29, 1.82) is 0 Å². The number of allylic oxidation sites excluding steroid dienone is 3. The Hall–Kier alpha value is -1.75. The second-order valence-corrected chi connectivity index (χ2v) is 6.73. The molecular weight excluding hydrogens is 284 g/mol. The molecule has 1 fully saturated rings. The molecule has 22 heavy (non-hydrogen) atoms. The zero-order chi connectivity index (χ0) is 17.1. The van der Waals surface area contributed by atoms with Gasteiger partial charge >= 0.3 is 5.97 Å². The van der Waals surface area contributed by atoms with Gasteiger partial charge in [0.2, 0.25) is 0 Å². The minimum Gasteiger partial charge on any atom is -0.426 e. The number of ether oxygens (including phenoxy) is 1. The number of rotatable bonds is 5. The fraction of sp³-hybridized carbons (Fsp3) is 0.588. The Morgan fingerprint density at radius 2 is 1.77 bits per heavy atom. The van der Waals surface area contributed by atoms with Crippen LogP contribution in [0.1, 0.15) is 47.5 Å². The van der Waals surface area contributed by atoms with Gasteiger partial charge in [-0.25, -0.2) is 0 Å². The molecule has 1 aliphatic carbocycles. The molecule has 0 radical (unpaired) electrons. The second kappa shape index (κ2) is 6.57. The van der Waals surface area contributed by atoms with Crippen LogP contribution in [0.3, 0.4) is 0 Å². The summed E-state index contributed by atoms with van der Waals surface area (Å²) in [6.07, 6.45) is 3.44. The van der Waals surface area contributed by atoms with Crippen molar-refractivity contribution >= 4 is 18.0 Å². The fourth-order valence-electron chi connectivity index (χ4n) is 2.91. The van der Waals surface area contributed by atoms with Gasteiger partial charge < -0.3 is 9.84 Å². The van der Waals surface area contributed by atoms with Gasteiger partial charge in [0.1, 0.15) is 12.0 Å². The first-order valence-electron chi connectivity index (χ1n) is 7.28. The minimum atomic E-state index is -0.751. The van der Waals surface area contributed by atoms with E-state index < -0.39 is 17.5 Å². The summed E-state index contributed by atoms with van der Waals surface area (Å²) in [5.74, 6) is -0.708.